The van der Waals surface area contributed by atoms with Gasteiger partial charge in [0.25, 0.3) is 0 Å². The zero-order chi connectivity index (χ0) is 11.4. The van der Waals surface area contributed by atoms with Crippen molar-refractivity contribution in [3.63, 3.8) is 0 Å². The predicted molar refractivity (Wildman–Crippen MR) is 57.9 cm³/mol. The molecule has 4 heteroatoms. The molecule has 0 bridgehead atoms. The number of benzene rings is 1. The number of rotatable bonds is 4. The minimum Gasteiger partial charge on any atom is -0.485 e. The molecule has 0 amide bonds. The molecule has 1 N–H and O–H groups in total. The standard InChI is InChI=1S/C12H13NO3/c1-9-6-11(16-13-9)8-15-12-5-3-2-4-10(12)7-14/h2-6,14H,7-8H2,1H3. The fourth-order valence-electron chi connectivity index (χ4n) is 1.41. The van der Waals surface area contributed by atoms with E-state index >= 15 is 0 Å². The maximum absolute atomic E-state index is 9.10. The molecule has 1 aromatic carbocycles. The van der Waals surface area contributed by atoms with Gasteiger partial charge >= 0.3 is 0 Å². The molecule has 1 heterocycles. The quantitative estimate of drug-likeness (QED) is 0.855. The van der Waals surface area contributed by atoms with Gasteiger partial charge in [-0.05, 0) is 13.0 Å². The van der Waals surface area contributed by atoms with Crippen molar-refractivity contribution >= 4 is 0 Å². The van der Waals surface area contributed by atoms with E-state index in [9.17, 15) is 0 Å². The smallest absolute Gasteiger partial charge is 0.174 e. The number of aromatic nitrogens is 1. The lowest BCUT2D eigenvalue weighted by molar-refractivity contribution is 0.233. The van der Waals surface area contributed by atoms with Crippen molar-refractivity contribution in [3.05, 3.63) is 47.3 Å². The van der Waals surface area contributed by atoms with E-state index in [2.05, 4.69) is 5.16 Å². The maximum atomic E-state index is 9.10. The molecule has 0 aliphatic heterocycles. The Morgan fingerprint density at radius 1 is 1.38 bits per heavy atom. The van der Waals surface area contributed by atoms with Crippen molar-refractivity contribution in [1.29, 1.82) is 0 Å². The van der Waals surface area contributed by atoms with Gasteiger partial charge in [-0.15, -0.1) is 0 Å². The third-order valence-corrected chi connectivity index (χ3v) is 2.19. The van der Waals surface area contributed by atoms with Crippen LogP contribution in [0.15, 0.2) is 34.9 Å². The van der Waals surface area contributed by atoms with Crippen LogP contribution >= 0.6 is 0 Å². The molecular weight excluding hydrogens is 206 g/mol. The monoisotopic (exact) mass is 219 g/mol. The van der Waals surface area contributed by atoms with Gasteiger partial charge in [-0.3, -0.25) is 0 Å². The van der Waals surface area contributed by atoms with Gasteiger partial charge in [0.05, 0.1) is 12.3 Å². The highest BCUT2D eigenvalue weighted by Crippen LogP contribution is 2.19. The topological polar surface area (TPSA) is 55.5 Å². The molecule has 0 radical (unpaired) electrons. The summed E-state index contributed by atoms with van der Waals surface area (Å²) in [5, 5.41) is 12.9. The van der Waals surface area contributed by atoms with Crippen LogP contribution in [0, 0.1) is 6.92 Å². The summed E-state index contributed by atoms with van der Waals surface area (Å²) in [6, 6.07) is 9.18. The molecule has 2 aromatic rings. The highest BCUT2D eigenvalue weighted by atomic mass is 16.5. The molecule has 84 valence electrons. The molecule has 1 aromatic heterocycles. The van der Waals surface area contributed by atoms with E-state index in [1.807, 2.05) is 37.3 Å². The first kappa shape index (κ1) is 10.7. The normalized spacial score (nSPS) is 10.4. The van der Waals surface area contributed by atoms with Gasteiger partial charge in [-0.25, -0.2) is 0 Å². The molecule has 0 saturated heterocycles. The fraction of sp³-hybridized carbons (Fsp3) is 0.250. The lowest BCUT2D eigenvalue weighted by Gasteiger charge is -2.07. The number of nitrogens with zero attached hydrogens (tertiary/aromatic N) is 1. The molecule has 0 aliphatic carbocycles. The first-order chi connectivity index (χ1) is 7.79. The Hall–Kier alpha value is -1.81. The van der Waals surface area contributed by atoms with Crippen molar-refractivity contribution in [1.82, 2.24) is 5.16 Å². The Balaban J connectivity index is 2.04. The average Bonchev–Trinajstić information content (AvgIpc) is 2.73. The van der Waals surface area contributed by atoms with Crippen LogP contribution in [0.3, 0.4) is 0 Å². The summed E-state index contributed by atoms with van der Waals surface area (Å²) in [6.45, 7) is 2.14. The number of hydrogen-bond donors (Lipinski definition) is 1. The molecule has 0 spiro atoms. The molecular formula is C12H13NO3. The summed E-state index contributed by atoms with van der Waals surface area (Å²) in [5.41, 5.74) is 1.59. The zero-order valence-electron chi connectivity index (χ0n) is 9.01. The lowest BCUT2D eigenvalue weighted by Crippen LogP contribution is -1.97. The van der Waals surface area contributed by atoms with E-state index in [-0.39, 0.29) is 6.61 Å². The van der Waals surface area contributed by atoms with Gasteiger partial charge in [-0.1, -0.05) is 23.4 Å². The second kappa shape index (κ2) is 4.81. The predicted octanol–water partition coefficient (Wildman–Crippen LogP) is 2.05. The molecule has 0 saturated carbocycles. The SMILES string of the molecule is Cc1cc(COc2ccccc2CO)on1. The van der Waals surface area contributed by atoms with Crippen molar-refractivity contribution in [2.24, 2.45) is 0 Å². The Kier molecular flexibility index (Phi) is 3.22. The third kappa shape index (κ3) is 2.41. The average molecular weight is 219 g/mol. The van der Waals surface area contributed by atoms with E-state index in [1.54, 1.807) is 0 Å². The number of para-hydroxylation sites is 1. The highest BCUT2D eigenvalue weighted by molar-refractivity contribution is 5.32. The number of aliphatic hydroxyl groups excluding tert-OH is 1. The van der Waals surface area contributed by atoms with Crippen LogP contribution in [0.4, 0.5) is 0 Å². The van der Waals surface area contributed by atoms with Gasteiger partial charge < -0.3 is 14.4 Å². The van der Waals surface area contributed by atoms with Crippen LogP contribution in [0.2, 0.25) is 0 Å². The van der Waals surface area contributed by atoms with Crippen LogP contribution in [0.5, 0.6) is 5.75 Å². The summed E-state index contributed by atoms with van der Waals surface area (Å²) >= 11 is 0. The van der Waals surface area contributed by atoms with E-state index in [1.165, 1.54) is 0 Å². The van der Waals surface area contributed by atoms with Gasteiger partial charge in [0.2, 0.25) is 0 Å². The number of aliphatic hydroxyl groups is 1. The first-order valence-electron chi connectivity index (χ1n) is 5.03. The molecule has 2 rings (SSSR count). The largest absolute Gasteiger partial charge is 0.485 e. The fourth-order valence-corrected chi connectivity index (χ4v) is 1.41. The van der Waals surface area contributed by atoms with Crippen LogP contribution < -0.4 is 4.74 Å². The van der Waals surface area contributed by atoms with Crippen molar-refractivity contribution in [2.75, 3.05) is 0 Å². The van der Waals surface area contributed by atoms with E-state index < -0.39 is 0 Å². The summed E-state index contributed by atoms with van der Waals surface area (Å²) < 4.78 is 10.6. The van der Waals surface area contributed by atoms with Crippen LogP contribution in [0.1, 0.15) is 17.0 Å². The molecule has 0 aliphatic rings. The summed E-state index contributed by atoms with van der Waals surface area (Å²) in [6.07, 6.45) is 0. The van der Waals surface area contributed by atoms with Crippen LogP contribution in [-0.2, 0) is 13.2 Å². The Morgan fingerprint density at radius 2 is 2.19 bits per heavy atom. The Bertz CT molecular complexity index is 465. The number of hydrogen-bond acceptors (Lipinski definition) is 4. The highest BCUT2D eigenvalue weighted by Gasteiger charge is 2.04. The van der Waals surface area contributed by atoms with Gasteiger partial charge in [0, 0.05) is 11.6 Å². The maximum Gasteiger partial charge on any atom is 0.174 e. The lowest BCUT2D eigenvalue weighted by atomic mass is 10.2. The van der Waals surface area contributed by atoms with E-state index in [4.69, 9.17) is 14.4 Å². The third-order valence-electron chi connectivity index (χ3n) is 2.19. The minimum atomic E-state index is -0.0361. The second-order valence-corrected chi connectivity index (χ2v) is 3.49. The van der Waals surface area contributed by atoms with Crippen molar-refractivity contribution in [2.45, 2.75) is 20.1 Å². The Morgan fingerprint density at radius 3 is 2.88 bits per heavy atom. The Labute approximate surface area is 93.5 Å². The molecule has 0 fully saturated rings. The van der Waals surface area contributed by atoms with Gasteiger partial charge in [0.1, 0.15) is 12.4 Å². The van der Waals surface area contributed by atoms with Crippen molar-refractivity contribution in [3.8, 4) is 5.75 Å². The van der Waals surface area contributed by atoms with Crippen molar-refractivity contribution < 1.29 is 14.4 Å². The molecule has 4 nitrogen and oxygen atoms in total. The van der Waals surface area contributed by atoms with Crippen LogP contribution in [0.25, 0.3) is 0 Å². The minimum absolute atomic E-state index is 0.0361. The number of aryl methyl sites for hydroxylation is 1. The van der Waals surface area contributed by atoms with E-state index in [0.717, 1.165) is 11.3 Å². The summed E-state index contributed by atoms with van der Waals surface area (Å²) in [7, 11) is 0. The summed E-state index contributed by atoms with van der Waals surface area (Å²) in [5.74, 6) is 1.34. The molecule has 0 atom stereocenters. The number of ether oxygens (including phenoxy) is 1. The van der Waals surface area contributed by atoms with Gasteiger partial charge in [0.15, 0.2) is 5.76 Å². The second-order valence-electron chi connectivity index (χ2n) is 3.49. The first-order valence-corrected chi connectivity index (χ1v) is 5.03. The van der Waals surface area contributed by atoms with E-state index in [0.29, 0.717) is 18.1 Å². The summed E-state index contributed by atoms with van der Waals surface area (Å²) in [4.78, 5) is 0. The molecule has 0 unspecified atom stereocenters. The zero-order valence-corrected chi connectivity index (χ0v) is 9.01. The van der Waals surface area contributed by atoms with Crippen LogP contribution in [-0.4, -0.2) is 10.3 Å². The van der Waals surface area contributed by atoms with Gasteiger partial charge in [-0.2, -0.15) is 0 Å². The molecule has 16 heavy (non-hydrogen) atoms.